The molecular weight excluding hydrogens is 366 g/mol. The van der Waals surface area contributed by atoms with Crippen LogP contribution in [0.25, 0.3) is 0 Å². The summed E-state index contributed by atoms with van der Waals surface area (Å²) < 4.78 is 11.0. The van der Waals surface area contributed by atoms with E-state index in [9.17, 15) is 4.79 Å². The molecule has 0 bridgehead atoms. The molecule has 0 saturated carbocycles. The van der Waals surface area contributed by atoms with Gasteiger partial charge in [-0.1, -0.05) is 36.4 Å². The Balaban J connectivity index is 0.00000364. The third-order valence-electron chi connectivity index (χ3n) is 3.76. The highest BCUT2D eigenvalue weighted by Gasteiger charge is 2.19. The van der Waals surface area contributed by atoms with Crippen molar-refractivity contribution >= 4 is 24.1 Å². The van der Waals surface area contributed by atoms with Gasteiger partial charge in [-0.05, 0) is 37.1 Å². The first kappa shape index (κ1) is 22.5. The van der Waals surface area contributed by atoms with Crippen LogP contribution in [0.15, 0.2) is 48.5 Å². The number of methoxy groups -OCH3 is 1. The van der Waals surface area contributed by atoms with Crippen LogP contribution in [-0.4, -0.2) is 25.0 Å². The number of carbonyl (C=O) groups excluding carboxylic acids is 1. The van der Waals surface area contributed by atoms with E-state index in [0.29, 0.717) is 12.1 Å². The van der Waals surface area contributed by atoms with Crippen LogP contribution in [0.5, 0.6) is 5.75 Å². The SMILES string of the molecule is COC(C(=O)NCc1ccc(C(=N)N)cc1)c1ccc(OC(C)C)cc1.Cl. The average Bonchev–Trinajstić information content (AvgIpc) is 2.62. The number of nitrogens with two attached hydrogens (primary N) is 1. The van der Waals surface area contributed by atoms with Gasteiger partial charge in [-0.25, -0.2) is 0 Å². The summed E-state index contributed by atoms with van der Waals surface area (Å²) in [6, 6.07) is 14.5. The van der Waals surface area contributed by atoms with Crippen molar-refractivity contribution < 1.29 is 14.3 Å². The van der Waals surface area contributed by atoms with Crippen LogP contribution in [-0.2, 0) is 16.1 Å². The van der Waals surface area contributed by atoms with E-state index in [1.165, 1.54) is 7.11 Å². The Morgan fingerprint density at radius 2 is 1.70 bits per heavy atom. The zero-order valence-corrected chi connectivity index (χ0v) is 16.5. The smallest absolute Gasteiger partial charge is 0.254 e. The highest BCUT2D eigenvalue weighted by atomic mass is 35.5. The lowest BCUT2D eigenvalue weighted by atomic mass is 10.1. The van der Waals surface area contributed by atoms with Gasteiger partial charge in [0, 0.05) is 19.2 Å². The number of benzene rings is 2. The Kier molecular flexibility index (Phi) is 8.78. The second-order valence-corrected chi connectivity index (χ2v) is 6.18. The van der Waals surface area contributed by atoms with Gasteiger partial charge in [0.15, 0.2) is 6.10 Å². The molecule has 0 fully saturated rings. The Hall–Kier alpha value is -2.57. The third-order valence-corrected chi connectivity index (χ3v) is 3.76. The lowest BCUT2D eigenvalue weighted by molar-refractivity contribution is -0.131. The fraction of sp³-hybridized carbons (Fsp3) is 0.300. The Bertz CT molecular complexity index is 746. The minimum Gasteiger partial charge on any atom is -0.491 e. The topological polar surface area (TPSA) is 97.4 Å². The zero-order valence-electron chi connectivity index (χ0n) is 15.7. The molecule has 0 aliphatic heterocycles. The van der Waals surface area contributed by atoms with E-state index in [1.807, 2.05) is 50.2 Å². The van der Waals surface area contributed by atoms with Crippen LogP contribution in [0, 0.1) is 5.41 Å². The molecule has 0 radical (unpaired) electrons. The number of nitrogens with one attached hydrogen (secondary N) is 2. The van der Waals surface area contributed by atoms with Gasteiger partial charge in [-0.15, -0.1) is 12.4 Å². The summed E-state index contributed by atoms with van der Waals surface area (Å²) in [5, 5.41) is 10.3. The second kappa shape index (κ2) is 10.5. The quantitative estimate of drug-likeness (QED) is 0.475. The molecule has 0 spiro atoms. The van der Waals surface area contributed by atoms with Crippen molar-refractivity contribution in [1.82, 2.24) is 5.32 Å². The lowest BCUT2D eigenvalue weighted by Crippen LogP contribution is -2.30. The first-order valence-electron chi connectivity index (χ1n) is 8.41. The summed E-state index contributed by atoms with van der Waals surface area (Å²) in [6.45, 7) is 4.29. The number of amidine groups is 1. The molecule has 1 amide bonds. The maximum atomic E-state index is 12.5. The van der Waals surface area contributed by atoms with E-state index in [4.69, 9.17) is 20.6 Å². The van der Waals surface area contributed by atoms with Crippen LogP contribution in [0.2, 0.25) is 0 Å². The summed E-state index contributed by atoms with van der Waals surface area (Å²) >= 11 is 0. The van der Waals surface area contributed by atoms with Gasteiger partial charge < -0.3 is 20.5 Å². The van der Waals surface area contributed by atoms with Crippen LogP contribution in [0.4, 0.5) is 0 Å². The van der Waals surface area contributed by atoms with E-state index in [-0.39, 0.29) is 30.3 Å². The molecule has 0 aromatic heterocycles. The molecule has 0 aliphatic carbocycles. The van der Waals surface area contributed by atoms with Gasteiger partial charge in [0.1, 0.15) is 11.6 Å². The average molecular weight is 392 g/mol. The van der Waals surface area contributed by atoms with Crippen molar-refractivity contribution in [2.45, 2.75) is 32.6 Å². The van der Waals surface area contributed by atoms with Crippen molar-refractivity contribution in [2.75, 3.05) is 7.11 Å². The monoisotopic (exact) mass is 391 g/mol. The summed E-state index contributed by atoms with van der Waals surface area (Å²) in [4.78, 5) is 12.5. The van der Waals surface area contributed by atoms with Gasteiger partial charge >= 0.3 is 0 Å². The third kappa shape index (κ3) is 6.58. The maximum absolute atomic E-state index is 12.5. The molecule has 2 aromatic rings. The number of amides is 1. The number of carbonyl (C=O) groups is 1. The van der Waals surface area contributed by atoms with E-state index in [1.54, 1.807) is 12.1 Å². The zero-order chi connectivity index (χ0) is 19.1. The summed E-state index contributed by atoms with van der Waals surface area (Å²) in [5.41, 5.74) is 7.76. The maximum Gasteiger partial charge on any atom is 0.254 e. The van der Waals surface area contributed by atoms with Crippen LogP contribution in [0.1, 0.15) is 36.6 Å². The van der Waals surface area contributed by atoms with Crippen LogP contribution < -0.4 is 15.8 Å². The molecule has 1 atom stereocenters. The van der Waals surface area contributed by atoms with Crippen molar-refractivity contribution in [2.24, 2.45) is 5.73 Å². The first-order valence-corrected chi connectivity index (χ1v) is 8.41. The standard InChI is InChI=1S/C20H25N3O3.ClH/c1-13(2)26-17-10-8-15(9-11-17)18(25-3)20(24)23-12-14-4-6-16(7-5-14)19(21)22;/h4-11,13,18H,12H2,1-3H3,(H3,21,22)(H,23,24);1H. The molecule has 4 N–H and O–H groups in total. The molecule has 146 valence electrons. The number of ether oxygens (including phenoxy) is 2. The van der Waals surface area contributed by atoms with Crippen molar-refractivity contribution in [1.29, 1.82) is 5.41 Å². The van der Waals surface area contributed by atoms with Crippen molar-refractivity contribution in [3.05, 3.63) is 65.2 Å². The number of hydrogen-bond donors (Lipinski definition) is 3. The van der Waals surface area contributed by atoms with Crippen molar-refractivity contribution in [3.63, 3.8) is 0 Å². The highest BCUT2D eigenvalue weighted by Crippen LogP contribution is 2.21. The molecule has 6 nitrogen and oxygen atoms in total. The molecule has 7 heteroatoms. The van der Waals surface area contributed by atoms with Crippen LogP contribution >= 0.6 is 12.4 Å². The largest absolute Gasteiger partial charge is 0.491 e. The summed E-state index contributed by atoms with van der Waals surface area (Å²) in [5.74, 6) is 0.551. The Morgan fingerprint density at radius 1 is 1.11 bits per heavy atom. The second-order valence-electron chi connectivity index (χ2n) is 6.18. The van der Waals surface area contributed by atoms with Gasteiger partial charge in [-0.3, -0.25) is 10.2 Å². The normalized spacial score (nSPS) is 11.4. The molecule has 1 unspecified atom stereocenters. The molecule has 0 heterocycles. The molecule has 0 saturated heterocycles. The molecular formula is C20H26ClN3O3. The molecule has 2 aromatic carbocycles. The Morgan fingerprint density at radius 3 is 2.19 bits per heavy atom. The fourth-order valence-corrected chi connectivity index (χ4v) is 2.47. The molecule has 0 aliphatic rings. The van der Waals surface area contributed by atoms with Gasteiger partial charge in [0.25, 0.3) is 5.91 Å². The highest BCUT2D eigenvalue weighted by molar-refractivity contribution is 5.94. The lowest BCUT2D eigenvalue weighted by Gasteiger charge is -2.17. The number of hydrogen-bond acceptors (Lipinski definition) is 4. The fourth-order valence-electron chi connectivity index (χ4n) is 2.47. The van der Waals surface area contributed by atoms with E-state index in [2.05, 4.69) is 5.32 Å². The Labute approximate surface area is 166 Å². The van der Waals surface area contributed by atoms with Crippen molar-refractivity contribution in [3.8, 4) is 5.75 Å². The molecule has 2 rings (SSSR count). The minimum atomic E-state index is -0.695. The van der Waals surface area contributed by atoms with Crippen LogP contribution in [0.3, 0.4) is 0 Å². The number of halogens is 1. The van der Waals surface area contributed by atoms with E-state index in [0.717, 1.165) is 16.9 Å². The van der Waals surface area contributed by atoms with Gasteiger partial charge in [-0.2, -0.15) is 0 Å². The number of nitrogen functional groups attached to an aromatic ring is 1. The minimum absolute atomic E-state index is 0. The van der Waals surface area contributed by atoms with Gasteiger partial charge in [0.05, 0.1) is 6.10 Å². The number of rotatable bonds is 8. The summed E-state index contributed by atoms with van der Waals surface area (Å²) in [7, 11) is 1.50. The van der Waals surface area contributed by atoms with E-state index >= 15 is 0 Å². The van der Waals surface area contributed by atoms with Gasteiger partial charge in [0.2, 0.25) is 0 Å². The molecule has 27 heavy (non-hydrogen) atoms. The first-order chi connectivity index (χ1) is 12.4. The predicted octanol–water partition coefficient (Wildman–Crippen LogP) is 3.18. The van der Waals surface area contributed by atoms with E-state index < -0.39 is 6.10 Å². The summed E-state index contributed by atoms with van der Waals surface area (Å²) in [6.07, 6.45) is -0.601. The predicted molar refractivity (Wildman–Crippen MR) is 109 cm³/mol.